The summed E-state index contributed by atoms with van der Waals surface area (Å²) < 4.78 is 25.8. The fraction of sp³-hybridized carbons (Fsp3) is 0.350. The molecule has 0 amide bonds. The molecular formula is C20H22N4O2S. The standard InChI is InChI=1S/C20H22N4O2S/c1-2-18-21-10-8-17(23-18)20-19(16-6-4-3-5-7-16)22-14-24(20)12-15-9-11-27(25,26)13-15/h3-8,10,14-15H,2,9,11-13H2,1H3. The number of sulfone groups is 1. The summed E-state index contributed by atoms with van der Waals surface area (Å²) in [6, 6.07) is 11.9. The van der Waals surface area contributed by atoms with E-state index in [2.05, 4.69) is 14.5 Å². The van der Waals surface area contributed by atoms with Crippen molar-refractivity contribution in [3.63, 3.8) is 0 Å². The molecule has 0 bridgehead atoms. The second kappa shape index (κ2) is 7.23. The predicted molar refractivity (Wildman–Crippen MR) is 105 cm³/mol. The second-order valence-corrected chi connectivity index (χ2v) is 9.17. The molecule has 1 saturated heterocycles. The van der Waals surface area contributed by atoms with Gasteiger partial charge in [-0.2, -0.15) is 0 Å². The first kappa shape index (κ1) is 17.9. The minimum absolute atomic E-state index is 0.110. The average molecular weight is 382 g/mol. The fourth-order valence-electron chi connectivity index (χ4n) is 3.59. The van der Waals surface area contributed by atoms with Crippen molar-refractivity contribution in [2.45, 2.75) is 26.3 Å². The summed E-state index contributed by atoms with van der Waals surface area (Å²) >= 11 is 0. The SMILES string of the molecule is CCc1nccc(-c2c(-c3ccccc3)ncn2CC2CCS(=O)(=O)C2)n1. The van der Waals surface area contributed by atoms with Crippen LogP contribution in [0.5, 0.6) is 0 Å². The number of hydrogen-bond acceptors (Lipinski definition) is 5. The van der Waals surface area contributed by atoms with Gasteiger partial charge >= 0.3 is 0 Å². The van der Waals surface area contributed by atoms with Crippen LogP contribution in [-0.2, 0) is 22.8 Å². The Balaban J connectivity index is 1.78. The Hall–Kier alpha value is -2.54. The minimum atomic E-state index is -2.91. The van der Waals surface area contributed by atoms with Crippen molar-refractivity contribution in [3.8, 4) is 22.6 Å². The highest BCUT2D eigenvalue weighted by Crippen LogP contribution is 2.32. The molecular weight excluding hydrogens is 360 g/mol. The maximum Gasteiger partial charge on any atom is 0.150 e. The topological polar surface area (TPSA) is 77.7 Å². The van der Waals surface area contributed by atoms with Crippen LogP contribution in [-0.4, -0.2) is 39.4 Å². The molecule has 0 aliphatic carbocycles. The molecule has 6 nitrogen and oxygen atoms in total. The van der Waals surface area contributed by atoms with E-state index in [9.17, 15) is 8.42 Å². The average Bonchev–Trinajstić information content (AvgIpc) is 3.25. The van der Waals surface area contributed by atoms with Gasteiger partial charge in [0.2, 0.25) is 0 Å². The van der Waals surface area contributed by atoms with Crippen LogP contribution >= 0.6 is 0 Å². The second-order valence-electron chi connectivity index (χ2n) is 6.94. The van der Waals surface area contributed by atoms with Crippen molar-refractivity contribution in [3.05, 3.63) is 54.7 Å². The van der Waals surface area contributed by atoms with E-state index < -0.39 is 9.84 Å². The maximum atomic E-state index is 11.9. The Labute approximate surface area is 159 Å². The van der Waals surface area contributed by atoms with Crippen molar-refractivity contribution in [2.24, 2.45) is 5.92 Å². The highest BCUT2D eigenvalue weighted by atomic mass is 32.2. The number of aromatic nitrogens is 4. The largest absolute Gasteiger partial charge is 0.328 e. The third kappa shape index (κ3) is 3.78. The Morgan fingerprint density at radius 2 is 1.96 bits per heavy atom. The summed E-state index contributed by atoms with van der Waals surface area (Å²) in [5, 5.41) is 0. The lowest BCUT2D eigenvalue weighted by molar-refractivity contribution is 0.493. The number of rotatable bonds is 5. The third-order valence-corrected chi connectivity index (χ3v) is 6.77. The van der Waals surface area contributed by atoms with Crippen LogP contribution in [0, 0.1) is 5.92 Å². The highest BCUT2D eigenvalue weighted by Gasteiger charge is 2.29. The van der Waals surface area contributed by atoms with Gasteiger partial charge in [-0.05, 0) is 18.4 Å². The monoisotopic (exact) mass is 382 g/mol. The quantitative estimate of drug-likeness (QED) is 0.678. The van der Waals surface area contributed by atoms with Gasteiger partial charge < -0.3 is 4.57 Å². The lowest BCUT2D eigenvalue weighted by atomic mass is 10.1. The maximum absolute atomic E-state index is 11.9. The first-order valence-corrected chi connectivity index (χ1v) is 11.0. The van der Waals surface area contributed by atoms with Gasteiger partial charge in [-0.3, -0.25) is 0 Å². The Morgan fingerprint density at radius 1 is 1.15 bits per heavy atom. The van der Waals surface area contributed by atoms with E-state index in [0.29, 0.717) is 13.0 Å². The van der Waals surface area contributed by atoms with E-state index in [0.717, 1.165) is 34.9 Å². The Bertz CT molecular complexity index is 1040. The van der Waals surface area contributed by atoms with Crippen LogP contribution in [0.1, 0.15) is 19.2 Å². The Kier molecular flexibility index (Phi) is 4.78. The van der Waals surface area contributed by atoms with Gasteiger partial charge in [0, 0.05) is 24.7 Å². The van der Waals surface area contributed by atoms with Gasteiger partial charge in [0.1, 0.15) is 5.82 Å². The zero-order chi connectivity index (χ0) is 18.9. The number of benzene rings is 1. The van der Waals surface area contributed by atoms with E-state index in [1.54, 1.807) is 12.5 Å². The normalized spacial score (nSPS) is 18.6. The summed E-state index contributed by atoms with van der Waals surface area (Å²) in [4.78, 5) is 13.6. The predicted octanol–water partition coefficient (Wildman–Crippen LogP) is 3.00. The van der Waals surface area contributed by atoms with Gasteiger partial charge in [0.05, 0.1) is 34.9 Å². The van der Waals surface area contributed by atoms with Crippen molar-refractivity contribution < 1.29 is 8.42 Å². The number of imidazole rings is 1. The lowest BCUT2D eigenvalue weighted by Gasteiger charge is -2.14. The van der Waals surface area contributed by atoms with E-state index in [-0.39, 0.29) is 17.4 Å². The number of nitrogens with zero attached hydrogens (tertiary/aromatic N) is 4. The van der Waals surface area contributed by atoms with Gasteiger partial charge in [-0.1, -0.05) is 37.3 Å². The smallest absolute Gasteiger partial charge is 0.150 e. The van der Waals surface area contributed by atoms with E-state index in [1.807, 2.05) is 43.3 Å². The van der Waals surface area contributed by atoms with E-state index in [4.69, 9.17) is 4.98 Å². The van der Waals surface area contributed by atoms with Crippen molar-refractivity contribution in [1.82, 2.24) is 19.5 Å². The van der Waals surface area contributed by atoms with Gasteiger partial charge in [0.25, 0.3) is 0 Å². The Morgan fingerprint density at radius 3 is 2.67 bits per heavy atom. The van der Waals surface area contributed by atoms with Gasteiger partial charge in [-0.15, -0.1) is 0 Å². The zero-order valence-electron chi connectivity index (χ0n) is 15.2. The zero-order valence-corrected chi connectivity index (χ0v) is 16.1. The highest BCUT2D eigenvalue weighted by molar-refractivity contribution is 7.91. The van der Waals surface area contributed by atoms with Crippen LogP contribution in [0.3, 0.4) is 0 Å². The van der Waals surface area contributed by atoms with Crippen molar-refractivity contribution in [1.29, 1.82) is 0 Å². The summed E-state index contributed by atoms with van der Waals surface area (Å²) in [6.45, 7) is 2.65. The molecule has 7 heteroatoms. The minimum Gasteiger partial charge on any atom is -0.328 e. The molecule has 140 valence electrons. The molecule has 2 aromatic heterocycles. The molecule has 1 atom stereocenters. The van der Waals surface area contributed by atoms with E-state index in [1.165, 1.54) is 0 Å². The van der Waals surface area contributed by atoms with E-state index >= 15 is 0 Å². The fourth-order valence-corrected chi connectivity index (χ4v) is 5.44. The number of hydrogen-bond donors (Lipinski definition) is 0. The van der Waals surface area contributed by atoms with Crippen molar-refractivity contribution in [2.75, 3.05) is 11.5 Å². The molecule has 3 heterocycles. The van der Waals surface area contributed by atoms with Crippen LogP contribution < -0.4 is 0 Å². The molecule has 1 fully saturated rings. The molecule has 1 aliphatic heterocycles. The molecule has 27 heavy (non-hydrogen) atoms. The summed E-state index contributed by atoms with van der Waals surface area (Å²) in [6.07, 6.45) is 5.03. The lowest BCUT2D eigenvalue weighted by Crippen LogP contribution is -2.13. The molecule has 3 aromatic rings. The molecule has 4 rings (SSSR count). The van der Waals surface area contributed by atoms with Gasteiger partial charge in [0.15, 0.2) is 9.84 Å². The first-order chi connectivity index (χ1) is 13.1. The molecule has 0 radical (unpaired) electrons. The summed E-state index contributed by atoms with van der Waals surface area (Å²) in [5.41, 5.74) is 3.61. The van der Waals surface area contributed by atoms with Crippen LogP contribution in [0.2, 0.25) is 0 Å². The number of aryl methyl sites for hydroxylation is 1. The third-order valence-electron chi connectivity index (χ3n) is 4.93. The first-order valence-electron chi connectivity index (χ1n) is 9.19. The van der Waals surface area contributed by atoms with Crippen LogP contribution in [0.25, 0.3) is 22.6 Å². The van der Waals surface area contributed by atoms with Crippen LogP contribution in [0.4, 0.5) is 0 Å². The molecule has 1 aliphatic rings. The molecule has 0 saturated carbocycles. The molecule has 0 N–H and O–H groups in total. The molecule has 0 spiro atoms. The van der Waals surface area contributed by atoms with Crippen molar-refractivity contribution >= 4 is 9.84 Å². The van der Waals surface area contributed by atoms with Crippen LogP contribution in [0.15, 0.2) is 48.9 Å². The molecule has 1 unspecified atom stereocenters. The molecule has 1 aromatic carbocycles. The summed E-state index contributed by atoms with van der Waals surface area (Å²) in [5.74, 6) is 1.41. The van der Waals surface area contributed by atoms with Gasteiger partial charge in [-0.25, -0.2) is 23.4 Å². The summed E-state index contributed by atoms with van der Waals surface area (Å²) in [7, 11) is -2.91.